The Hall–Kier alpha value is -3.60. The highest BCUT2D eigenvalue weighted by Crippen LogP contribution is 2.29. The number of aliphatic hydroxyl groups is 1. The molecule has 2 rings (SSSR count). The van der Waals surface area contributed by atoms with Gasteiger partial charge in [0.15, 0.2) is 0 Å². The molecule has 0 radical (unpaired) electrons. The Kier molecular flexibility index (Phi) is 8.80. The molecule has 0 aromatic heterocycles. The highest BCUT2D eigenvalue weighted by molar-refractivity contribution is 5.89. The normalized spacial score (nSPS) is 14.0. The van der Waals surface area contributed by atoms with Crippen molar-refractivity contribution >= 4 is 18.0 Å². The SMILES string of the molecule is C[C@@H](O)[C@H](NC(=O)OCc1ccccc1)C(=O)N[C@H](Cc1cccc(C(F)(F)F)c1)C(=O)O. The van der Waals surface area contributed by atoms with Gasteiger partial charge in [-0.05, 0) is 24.1 Å². The fraction of sp³-hybridized carbons (Fsp3) is 0.318. The Balaban J connectivity index is 2.03. The topological polar surface area (TPSA) is 125 Å². The predicted molar refractivity (Wildman–Crippen MR) is 110 cm³/mol. The van der Waals surface area contributed by atoms with Gasteiger partial charge in [0.05, 0.1) is 11.7 Å². The Bertz CT molecular complexity index is 966. The number of nitrogens with one attached hydrogen (secondary N) is 2. The quantitative estimate of drug-likeness (QED) is 0.448. The second-order valence-electron chi connectivity index (χ2n) is 7.23. The number of hydrogen-bond donors (Lipinski definition) is 4. The maximum atomic E-state index is 12.9. The zero-order valence-corrected chi connectivity index (χ0v) is 17.5. The highest BCUT2D eigenvalue weighted by Gasteiger charge is 2.32. The van der Waals surface area contributed by atoms with Crippen molar-refractivity contribution in [3.8, 4) is 0 Å². The summed E-state index contributed by atoms with van der Waals surface area (Å²) >= 11 is 0. The molecule has 0 bridgehead atoms. The highest BCUT2D eigenvalue weighted by atomic mass is 19.4. The third kappa shape index (κ3) is 8.11. The minimum absolute atomic E-state index is 0.0290. The van der Waals surface area contributed by atoms with Gasteiger partial charge in [-0.2, -0.15) is 13.2 Å². The molecule has 0 unspecified atom stereocenters. The number of carboxylic acids is 1. The Morgan fingerprint density at radius 2 is 1.64 bits per heavy atom. The molecule has 0 saturated heterocycles. The first-order chi connectivity index (χ1) is 15.5. The van der Waals surface area contributed by atoms with Crippen LogP contribution in [0.4, 0.5) is 18.0 Å². The van der Waals surface area contributed by atoms with Crippen molar-refractivity contribution in [3.05, 3.63) is 71.3 Å². The lowest BCUT2D eigenvalue weighted by Crippen LogP contribution is -2.56. The van der Waals surface area contributed by atoms with E-state index in [9.17, 15) is 37.8 Å². The molecule has 0 aliphatic carbocycles. The van der Waals surface area contributed by atoms with Gasteiger partial charge in [0.2, 0.25) is 5.91 Å². The molecular formula is C22H23F3N2O6. The van der Waals surface area contributed by atoms with Crippen LogP contribution in [0.3, 0.4) is 0 Å². The first kappa shape index (κ1) is 25.7. The molecule has 2 amide bonds. The van der Waals surface area contributed by atoms with Crippen LogP contribution in [0.15, 0.2) is 54.6 Å². The zero-order chi connectivity index (χ0) is 24.6. The van der Waals surface area contributed by atoms with Gasteiger partial charge in [-0.25, -0.2) is 9.59 Å². The number of aliphatic carboxylic acids is 1. The number of alkyl halides is 3. The number of amides is 2. The smallest absolute Gasteiger partial charge is 0.416 e. The summed E-state index contributed by atoms with van der Waals surface area (Å²) in [6.45, 7) is 1.10. The average Bonchev–Trinajstić information content (AvgIpc) is 2.75. The molecule has 178 valence electrons. The second kappa shape index (κ2) is 11.3. The summed E-state index contributed by atoms with van der Waals surface area (Å²) in [5.41, 5.74) is -0.251. The molecule has 3 atom stereocenters. The van der Waals surface area contributed by atoms with Gasteiger partial charge in [0.1, 0.15) is 18.7 Å². The van der Waals surface area contributed by atoms with Crippen molar-refractivity contribution < 1.29 is 42.5 Å². The molecule has 0 saturated carbocycles. The lowest BCUT2D eigenvalue weighted by Gasteiger charge is -2.23. The lowest BCUT2D eigenvalue weighted by atomic mass is 10.0. The van der Waals surface area contributed by atoms with Gasteiger partial charge in [0.25, 0.3) is 0 Å². The molecular weight excluding hydrogens is 445 g/mol. The number of carbonyl (C=O) groups excluding carboxylic acids is 2. The number of alkyl carbamates (subject to hydrolysis) is 1. The van der Waals surface area contributed by atoms with E-state index in [4.69, 9.17) is 4.74 Å². The monoisotopic (exact) mass is 468 g/mol. The first-order valence-corrected chi connectivity index (χ1v) is 9.82. The van der Waals surface area contributed by atoms with Gasteiger partial charge in [0, 0.05) is 6.42 Å². The van der Waals surface area contributed by atoms with Crippen LogP contribution in [0.25, 0.3) is 0 Å². The van der Waals surface area contributed by atoms with Crippen LogP contribution < -0.4 is 10.6 Å². The minimum Gasteiger partial charge on any atom is -0.480 e. The maximum Gasteiger partial charge on any atom is 0.416 e. The molecule has 0 heterocycles. The molecule has 0 aliphatic rings. The summed E-state index contributed by atoms with van der Waals surface area (Å²) in [5.74, 6) is -2.54. The van der Waals surface area contributed by atoms with E-state index in [-0.39, 0.29) is 12.2 Å². The van der Waals surface area contributed by atoms with Gasteiger partial charge >= 0.3 is 18.2 Å². The van der Waals surface area contributed by atoms with Crippen molar-refractivity contribution in [2.45, 2.75) is 44.3 Å². The number of halogens is 3. The number of ether oxygens (including phenoxy) is 1. The summed E-state index contributed by atoms with van der Waals surface area (Å²) in [4.78, 5) is 36.2. The number of carboxylic acid groups (broad SMARTS) is 1. The number of hydrogen-bond acceptors (Lipinski definition) is 5. The number of carbonyl (C=O) groups is 3. The van der Waals surface area contributed by atoms with E-state index in [1.807, 2.05) is 0 Å². The molecule has 0 spiro atoms. The van der Waals surface area contributed by atoms with Gasteiger partial charge in [-0.1, -0.05) is 48.5 Å². The molecule has 0 aliphatic heterocycles. The van der Waals surface area contributed by atoms with E-state index in [0.717, 1.165) is 18.2 Å². The maximum absolute atomic E-state index is 12.9. The van der Waals surface area contributed by atoms with Crippen molar-refractivity contribution in [2.24, 2.45) is 0 Å². The molecule has 33 heavy (non-hydrogen) atoms. The van der Waals surface area contributed by atoms with Gasteiger partial charge in [-0.15, -0.1) is 0 Å². The fourth-order valence-corrected chi connectivity index (χ4v) is 2.87. The van der Waals surface area contributed by atoms with Gasteiger partial charge < -0.3 is 25.6 Å². The minimum atomic E-state index is -4.61. The third-order valence-electron chi connectivity index (χ3n) is 4.56. The van der Waals surface area contributed by atoms with E-state index in [1.165, 1.54) is 13.0 Å². The molecule has 2 aromatic rings. The summed E-state index contributed by atoms with van der Waals surface area (Å²) in [5, 5.41) is 23.6. The Morgan fingerprint density at radius 1 is 1.00 bits per heavy atom. The molecule has 8 nitrogen and oxygen atoms in total. The summed E-state index contributed by atoms with van der Waals surface area (Å²) in [6, 6.07) is 9.54. The van der Waals surface area contributed by atoms with Crippen LogP contribution in [-0.4, -0.2) is 46.4 Å². The number of benzene rings is 2. The second-order valence-corrected chi connectivity index (χ2v) is 7.23. The van der Waals surface area contributed by atoms with E-state index in [0.29, 0.717) is 5.56 Å². The largest absolute Gasteiger partial charge is 0.480 e. The van der Waals surface area contributed by atoms with Crippen LogP contribution in [0, 0.1) is 0 Å². The molecule has 0 fully saturated rings. The van der Waals surface area contributed by atoms with Crippen molar-refractivity contribution in [1.82, 2.24) is 10.6 Å². The van der Waals surface area contributed by atoms with Crippen LogP contribution >= 0.6 is 0 Å². The molecule has 11 heteroatoms. The Labute approximate surface area is 187 Å². The van der Waals surface area contributed by atoms with E-state index in [1.54, 1.807) is 30.3 Å². The van der Waals surface area contributed by atoms with Gasteiger partial charge in [-0.3, -0.25) is 4.79 Å². The van der Waals surface area contributed by atoms with Crippen molar-refractivity contribution in [1.29, 1.82) is 0 Å². The first-order valence-electron chi connectivity index (χ1n) is 9.82. The molecule has 2 aromatic carbocycles. The lowest BCUT2D eigenvalue weighted by molar-refractivity contribution is -0.142. The Morgan fingerprint density at radius 3 is 2.21 bits per heavy atom. The summed E-state index contributed by atoms with van der Waals surface area (Å²) in [6.07, 6.45) is -7.50. The standard InChI is InChI=1S/C22H23F3N2O6/c1-13(28)18(27-21(32)33-12-14-6-3-2-4-7-14)19(29)26-17(20(30)31)11-15-8-5-9-16(10-15)22(23,24)25/h2-10,13,17-18,28H,11-12H2,1H3,(H,26,29)(H,27,32)(H,30,31)/t13-,17-,18+/m1/s1. The van der Waals surface area contributed by atoms with E-state index >= 15 is 0 Å². The number of rotatable bonds is 9. The van der Waals surface area contributed by atoms with Crippen LogP contribution in [0.2, 0.25) is 0 Å². The van der Waals surface area contributed by atoms with Crippen molar-refractivity contribution in [2.75, 3.05) is 0 Å². The average molecular weight is 468 g/mol. The molecule has 4 N–H and O–H groups in total. The van der Waals surface area contributed by atoms with Crippen LogP contribution in [0.5, 0.6) is 0 Å². The predicted octanol–water partition coefficient (Wildman–Crippen LogP) is 2.49. The van der Waals surface area contributed by atoms with Crippen molar-refractivity contribution in [3.63, 3.8) is 0 Å². The van der Waals surface area contributed by atoms with E-state index in [2.05, 4.69) is 10.6 Å². The van der Waals surface area contributed by atoms with E-state index < -0.39 is 54.3 Å². The fourth-order valence-electron chi connectivity index (χ4n) is 2.87. The zero-order valence-electron chi connectivity index (χ0n) is 17.5. The van der Waals surface area contributed by atoms with Crippen LogP contribution in [0.1, 0.15) is 23.6 Å². The summed E-state index contributed by atoms with van der Waals surface area (Å²) < 4.78 is 43.7. The van der Waals surface area contributed by atoms with Crippen LogP contribution in [-0.2, 0) is 33.5 Å². The number of aliphatic hydroxyl groups excluding tert-OH is 1. The third-order valence-corrected chi connectivity index (χ3v) is 4.56. The summed E-state index contributed by atoms with van der Waals surface area (Å²) in [7, 11) is 0.